The average molecular weight is 774 g/mol. The average Bonchev–Trinajstić information content (AvgIpc) is 3.57. The van der Waals surface area contributed by atoms with E-state index in [4.69, 9.17) is 14.7 Å². The molecule has 290 valence electrons. The Hall–Kier alpha value is -4.88. The lowest BCUT2D eigenvalue weighted by molar-refractivity contribution is 0.0238. The minimum atomic E-state index is -0.993. The topological polar surface area (TPSA) is 151 Å². The number of likely N-dealkylation sites (tertiary alicyclic amines) is 2. The number of nitrogens with zero attached hydrogens (tertiary/aromatic N) is 8. The highest BCUT2D eigenvalue weighted by Gasteiger charge is 2.55. The van der Waals surface area contributed by atoms with E-state index in [0.717, 1.165) is 24.4 Å². The van der Waals surface area contributed by atoms with Crippen molar-refractivity contribution in [2.45, 2.75) is 84.5 Å². The Morgan fingerprint density at radius 2 is 1.84 bits per heavy atom. The zero-order valence-corrected chi connectivity index (χ0v) is 32.9. The lowest BCUT2D eigenvalue weighted by Crippen LogP contribution is -2.66. The molecule has 1 spiro atoms. The summed E-state index contributed by atoms with van der Waals surface area (Å²) in [6.45, 7) is 15.1. The number of carbonyl (C=O) groups is 2. The summed E-state index contributed by atoms with van der Waals surface area (Å²) in [4.78, 5) is 47.4. The number of nitrogens with one attached hydrogen (secondary N) is 1. The van der Waals surface area contributed by atoms with Crippen LogP contribution in [-0.4, -0.2) is 106 Å². The number of likely N-dealkylation sites (N-methyl/N-ethyl adjacent to an activating group) is 1. The number of aromatic nitrogens is 3. The van der Waals surface area contributed by atoms with Gasteiger partial charge in [-0.25, -0.2) is 23.4 Å². The van der Waals surface area contributed by atoms with Gasteiger partial charge in [0.05, 0.1) is 27.7 Å². The van der Waals surface area contributed by atoms with E-state index in [1.807, 2.05) is 37.6 Å². The van der Waals surface area contributed by atoms with Gasteiger partial charge in [-0.3, -0.25) is 15.2 Å². The number of carbonyl (C=O) groups excluding carboxylic acids is 1. The highest BCUT2D eigenvalue weighted by molar-refractivity contribution is 7.23. The van der Waals surface area contributed by atoms with Gasteiger partial charge in [-0.15, -0.1) is 11.3 Å². The Balaban J connectivity index is 1.23. The van der Waals surface area contributed by atoms with E-state index < -0.39 is 34.8 Å². The Labute approximate surface area is 321 Å². The maximum absolute atomic E-state index is 17.3. The van der Waals surface area contributed by atoms with Crippen LogP contribution in [0.1, 0.15) is 66.4 Å². The first-order valence-electron chi connectivity index (χ1n) is 18.6. The predicted molar refractivity (Wildman–Crippen MR) is 207 cm³/mol. The molecule has 55 heavy (non-hydrogen) atoms. The number of benzene rings is 1. The van der Waals surface area contributed by atoms with E-state index in [2.05, 4.69) is 21.3 Å². The van der Waals surface area contributed by atoms with Crippen LogP contribution in [0.5, 0.6) is 0 Å². The van der Waals surface area contributed by atoms with Crippen LogP contribution in [0.15, 0.2) is 18.3 Å². The van der Waals surface area contributed by atoms with Gasteiger partial charge in [0.2, 0.25) is 5.95 Å². The summed E-state index contributed by atoms with van der Waals surface area (Å²) >= 11 is 0.854. The van der Waals surface area contributed by atoms with Crippen molar-refractivity contribution in [2.75, 3.05) is 54.9 Å². The molecule has 2 atom stereocenters. The number of hydrogen-bond acceptors (Lipinski definition) is 11. The predicted octanol–water partition coefficient (Wildman–Crippen LogP) is 7.29. The number of thiophene rings is 1. The molecule has 4 aliphatic rings. The third kappa shape index (κ3) is 6.44. The minimum absolute atomic E-state index is 0.0000966. The van der Waals surface area contributed by atoms with Gasteiger partial charge in [0.25, 0.3) is 0 Å². The third-order valence-electron chi connectivity index (χ3n) is 11.5. The fourth-order valence-corrected chi connectivity index (χ4v) is 9.67. The molecule has 1 saturated carbocycles. The van der Waals surface area contributed by atoms with Crippen LogP contribution in [0.2, 0.25) is 0 Å². The first-order chi connectivity index (χ1) is 25.9. The number of rotatable bonds is 6. The maximum atomic E-state index is 17.3. The van der Waals surface area contributed by atoms with Gasteiger partial charge < -0.3 is 24.5 Å². The summed E-state index contributed by atoms with van der Waals surface area (Å²) in [5.74, 6) is -0.642. The van der Waals surface area contributed by atoms with Gasteiger partial charge in [0, 0.05) is 63.0 Å². The molecule has 13 nitrogen and oxygen atoms in total. The molecular formula is C39H45F2N9O4S. The normalized spacial score (nSPS) is 21.1. The monoisotopic (exact) mass is 773 g/mol. The highest BCUT2D eigenvalue weighted by Crippen LogP contribution is 2.54. The van der Waals surface area contributed by atoms with E-state index in [-0.39, 0.29) is 49.5 Å². The fraction of sp³-hybridized carbons (Fsp3) is 0.538. The number of ether oxygens (including phenoxy) is 1. The van der Waals surface area contributed by atoms with E-state index in [0.29, 0.717) is 54.7 Å². The molecule has 1 aromatic carbocycles. The molecule has 0 bridgehead atoms. The third-order valence-corrected chi connectivity index (χ3v) is 12.6. The Morgan fingerprint density at radius 1 is 1.13 bits per heavy atom. The molecule has 0 radical (unpaired) electrons. The summed E-state index contributed by atoms with van der Waals surface area (Å²) in [5.41, 5.74) is -0.746. The Kier molecular flexibility index (Phi) is 8.65. The van der Waals surface area contributed by atoms with E-state index >= 15 is 8.78 Å². The van der Waals surface area contributed by atoms with Gasteiger partial charge in [0.15, 0.2) is 5.82 Å². The van der Waals surface area contributed by atoms with Gasteiger partial charge in [-0.1, -0.05) is 20.8 Å². The van der Waals surface area contributed by atoms with Gasteiger partial charge >= 0.3 is 12.2 Å². The second kappa shape index (κ2) is 12.8. The number of halogens is 2. The molecular weight excluding hydrogens is 729 g/mol. The summed E-state index contributed by atoms with van der Waals surface area (Å²) in [6.07, 6.45) is 2.80. The lowest BCUT2D eigenvalue weighted by atomic mass is 9.82. The number of fused-ring (bicyclic) bond motifs is 2. The molecule has 2 amide bonds. The largest absolute Gasteiger partial charge is 0.465 e. The first kappa shape index (κ1) is 37.1. The van der Waals surface area contributed by atoms with Crippen molar-refractivity contribution in [1.82, 2.24) is 24.8 Å². The zero-order chi connectivity index (χ0) is 39.4. The number of anilines is 3. The first-order valence-corrected chi connectivity index (χ1v) is 19.4. The van der Waals surface area contributed by atoms with E-state index in [9.17, 15) is 20.0 Å². The second-order valence-electron chi connectivity index (χ2n) is 17.6. The van der Waals surface area contributed by atoms with Crippen LogP contribution >= 0.6 is 11.3 Å². The van der Waals surface area contributed by atoms with Crippen LogP contribution < -0.4 is 15.1 Å². The zero-order valence-electron chi connectivity index (χ0n) is 32.0. The van der Waals surface area contributed by atoms with E-state index in [1.165, 1.54) is 36.1 Å². The van der Waals surface area contributed by atoms with Crippen LogP contribution in [0.25, 0.3) is 32.2 Å². The Morgan fingerprint density at radius 3 is 2.45 bits per heavy atom. The number of amides is 2. The highest BCUT2D eigenvalue weighted by atomic mass is 32.1. The molecule has 1 aliphatic carbocycles. The Bertz CT molecular complexity index is 2280. The molecule has 3 aliphatic heterocycles. The van der Waals surface area contributed by atoms with Crippen LogP contribution in [0.4, 0.5) is 35.1 Å². The molecule has 16 heteroatoms. The lowest BCUT2D eigenvalue weighted by Gasteiger charge is -2.52. The van der Waals surface area contributed by atoms with Gasteiger partial charge in [-0.05, 0) is 63.0 Å². The summed E-state index contributed by atoms with van der Waals surface area (Å²) in [5, 5.41) is 23.5. The van der Waals surface area contributed by atoms with Crippen molar-refractivity contribution in [3.8, 4) is 17.3 Å². The molecule has 6 heterocycles. The molecule has 4 fully saturated rings. The van der Waals surface area contributed by atoms with Crippen molar-refractivity contribution in [1.29, 1.82) is 5.26 Å². The molecule has 3 saturated heterocycles. The quantitative estimate of drug-likeness (QED) is 0.203. The van der Waals surface area contributed by atoms with Crippen molar-refractivity contribution in [3.63, 3.8) is 0 Å². The summed E-state index contributed by atoms with van der Waals surface area (Å²) < 4.78 is 38.0. The standard InChI is InChI=1S/C39H45F2N9O4S/c1-37(2,3)31-25(10-13-50(31)36(52)53)47(7)32-23-15-43-28(27(41)29(23)44-34(45-32)48-16-20(17-48)49-18-39(19-49)11-12-39)21-8-9-24(40)30-26(21)22(14-42)33(55-30)46-35(51)54-38(4,5)6/h8-9,15,20,25,31H,10-13,16-19H2,1-7H3,(H,46,51)(H,52,53)/t25-,31?/m1/s1. The molecule has 2 N–H and O–H groups in total. The number of pyridine rings is 1. The summed E-state index contributed by atoms with van der Waals surface area (Å²) in [6, 6.07) is 4.33. The van der Waals surface area contributed by atoms with Crippen molar-refractivity contribution in [3.05, 3.63) is 35.5 Å². The maximum Gasteiger partial charge on any atom is 0.412 e. The van der Waals surface area contributed by atoms with Crippen molar-refractivity contribution >= 4 is 61.3 Å². The fourth-order valence-electron chi connectivity index (χ4n) is 8.60. The van der Waals surface area contributed by atoms with Gasteiger partial charge in [0.1, 0.15) is 39.5 Å². The number of carboxylic acid groups (broad SMARTS) is 1. The number of hydrogen-bond donors (Lipinski definition) is 2. The molecule has 4 aromatic rings. The molecule has 1 unspecified atom stereocenters. The summed E-state index contributed by atoms with van der Waals surface area (Å²) in [7, 11) is 1.85. The van der Waals surface area contributed by atoms with Crippen LogP contribution in [0, 0.1) is 33.8 Å². The second-order valence-corrected chi connectivity index (χ2v) is 18.6. The van der Waals surface area contributed by atoms with Crippen molar-refractivity contribution < 1.29 is 28.2 Å². The van der Waals surface area contributed by atoms with Crippen LogP contribution in [0.3, 0.4) is 0 Å². The SMILES string of the molecule is CN(c1nc(N2CC(N3CC4(CC4)C3)C2)nc2c(F)c(-c3ccc(F)c4sc(NC(=O)OC(C)(C)C)c(C#N)c34)ncc12)[C@@H]1CCN(C(=O)O)C1C(C)(C)C. The number of nitriles is 1. The molecule has 3 aromatic heterocycles. The van der Waals surface area contributed by atoms with Crippen LogP contribution in [-0.2, 0) is 4.74 Å². The minimum Gasteiger partial charge on any atom is -0.465 e. The smallest absolute Gasteiger partial charge is 0.412 e. The van der Waals surface area contributed by atoms with Gasteiger partial charge in [-0.2, -0.15) is 10.2 Å². The van der Waals surface area contributed by atoms with Crippen molar-refractivity contribution in [2.24, 2.45) is 10.8 Å². The van der Waals surface area contributed by atoms with E-state index in [1.54, 1.807) is 20.8 Å². The molecule has 8 rings (SSSR count).